The van der Waals surface area contributed by atoms with Gasteiger partial charge in [-0.15, -0.1) is 0 Å². The van der Waals surface area contributed by atoms with E-state index in [4.69, 9.17) is 4.98 Å². The Labute approximate surface area is 144 Å². The predicted molar refractivity (Wildman–Crippen MR) is 94.6 cm³/mol. The van der Waals surface area contributed by atoms with Gasteiger partial charge in [0.2, 0.25) is 0 Å². The zero-order valence-electron chi connectivity index (χ0n) is 13.8. The lowest BCUT2D eigenvalue weighted by Crippen LogP contribution is -2.10. The summed E-state index contributed by atoms with van der Waals surface area (Å²) < 4.78 is 3.30. The van der Waals surface area contributed by atoms with E-state index in [0.717, 1.165) is 22.0 Å². The molecular weight excluding hydrogens is 316 g/mol. The van der Waals surface area contributed by atoms with Crippen molar-refractivity contribution in [1.82, 2.24) is 19.3 Å². The van der Waals surface area contributed by atoms with Crippen LogP contribution in [0.5, 0.6) is 0 Å². The van der Waals surface area contributed by atoms with Crippen molar-refractivity contribution >= 4 is 16.9 Å². The normalized spacial score (nSPS) is 11.1. The van der Waals surface area contributed by atoms with Gasteiger partial charge in [-0.05, 0) is 43.2 Å². The van der Waals surface area contributed by atoms with Crippen LogP contribution in [-0.2, 0) is 0 Å². The molecule has 0 saturated heterocycles. The number of pyridine rings is 1. The summed E-state index contributed by atoms with van der Waals surface area (Å²) in [5, 5.41) is 14.9. The van der Waals surface area contributed by atoms with Crippen molar-refractivity contribution < 1.29 is 9.90 Å². The van der Waals surface area contributed by atoms with Gasteiger partial charge in [-0.25, -0.2) is 9.78 Å². The second-order valence-electron chi connectivity index (χ2n) is 5.96. The largest absolute Gasteiger partial charge is 0.477 e. The average Bonchev–Trinajstić information content (AvgIpc) is 3.24. The third-order valence-electron chi connectivity index (χ3n) is 4.27. The maximum atomic E-state index is 11.6. The van der Waals surface area contributed by atoms with Gasteiger partial charge in [-0.3, -0.25) is 0 Å². The van der Waals surface area contributed by atoms with Gasteiger partial charge < -0.3 is 9.67 Å². The van der Waals surface area contributed by atoms with E-state index in [1.807, 2.05) is 50.2 Å². The van der Waals surface area contributed by atoms with Gasteiger partial charge in [-0.2, -0.15) is 9.78 Å². The lowest BCUT2D eigenvalue weighted by molar-refractivity contribution is 0.0697. The Hall–Kier alpha value is -3.41. The van der Waals surface area contributed by atoms with Gasteiger partial charge in [0.25, 0.3) is 0 Å². The SMILES string of the molecule is Cc1cc(-n2ncc(C(=O)O)c2-n2cccc2)nc2c(C)cccc12. The average molecular weight is 332 g/mol. The highest BCUT2D eigenvalue weighted by Gasteiger charge is 2.20. The Kier molecular flexibility index (Phi) is 3.39. The molecule has 0 amide bonds. The molecule has 1 aromatic carbocycles. The summed E-state index contributed by atoms with van der Waals surface area (Å²) in [6.07, 6.45) is 4.94. The molecule has 0 aliphatic carbocycles. The molecule has 4 rings (SSSR count). The van der Waals surface area contributed by atoms with E-state index in [1.165, 1.54) is 6.20 Å². The van der Waals surface area contributed by atoms with E-state index in [2.05, 4.69) is 5.10 Å². The zero-order valence-corrected chi connectivity index (χ0v) is 13.8. The van der Waals surface area contributed by atoms with Crippen LogP contribution < -0.4 is 0 Å². The summed E-state index contributed by atoms with van der Waals surface area (Å²) >= 11 is 0. The number of carboxylic acids is 1. The summed E-state index contributed by atoms with van der Waals surface area (Å²) in [6.45, 7) is 4.03. The lowest BCUT2D eigenvalue weighted by atomic mass is 10.1. The van der Waals surface area contributed by atoms with E-state index in [9.17, 15) is 9.90 Å². The fourth-order valence-electron chi connectivity index (χ4n) is 3.04. The fraction of sp³-hybridized carbons (Fsp3) is 0.105. The van der Waals surface area contributed by atoms with Crippen LogP contribution in [-0.4, -0.2) is 30.4 Å². The molecule has 3 heterocycles. The highest BCUT2D eigenvalue weighted by Crippen LogP contribution is 2.25. The van der Waals surface area contributed by atoms with Gasteiger partial charge in [-0.1, -0.05) is 18.2 Å². The molecule has 124 valence electrons. The number of hydrogen-bond acceptors (Lipinski definition) is 3. The number of para-hydroxylation sites is 1. The maximum Gasteiger partial charge on any atom is 0.341 e. The number of nitrogens with zero attached hydrogens (tertiary/aromatic N) is 4. The Morgan fingerprint density at radius 3 is 2.56 bits per heavy atom. The third-order valence-corrected chi connectivity index (χ3v) is 4.27. The van der Waals surface area contributed by atoms with Crippen LogP contribution in [0.2, 0.25) is 0 Å². The van der Waals surface area contributed by atoms with Crippen LogP contribution in [0.15, 0.2) is 55.0 Å². The molecule has 6 heteroatoms. The molecule has 0 saturated carbocycles. The summed E-state index contributed by atoms with van der Waals surface area (Å²) in [6, 6.07) is 11.7. The molecule has 6 nitrogen and oxygen atoms in total. The molecule has 4 aromatic rings. The molecule has 3 aromatic heterocycles. The zero-order chi connectivity index (χ0) is 17.6. The van der Waals surface area contributed by atoms with Crippen LogP contribution >= 0.6 is 0 Å². The number of benzene rings is 1. The number of carbonyl (C=O) groups is 1. The number of carboxylic acid groups (broad SMARTS) is 1. The molecule has 0 fully saturated rings. The molecule has 1 N–H and O–H groups in total. The molecule has 0 spiro atoms. The van der Waals surface area contributed by atoms with Crippen molar-refractivity contribution in [3.05, 3.63) is 71.7 Å². The first-order valence-electron chi connectivity index (χ1n) is 7.88. The van der Waals surface area contributed by atoms with E-state index >= 15 is 0 Å². The lowest BCUT2D eigenvalue weighted by Gasteiger charge is -2.12. The molecule has 0 atom stereocenters. The number of aromatic carboxylic acids is 1. The Morgan fingerprint density at radius 1 is 1.08 bits per heavy atom. The minimum atomic E-state index is -1.02. The number of aryl methyl sites for hydroxylation is 2. The number of hydrogen-bond donors (Lipinski definition) is 1. The van der Waals surface area contributed by atoms with Gasteiger partial charge >= 0.3 is 5.97 Å². The quantitative estimate of drug-likeness (QED) is 0.623. The summed E-state index contributed by atoms with van der Waals surface area (Å²) in [7, 11) is 0. The van der Waals surface area contributed by atoms with Crippen LogP contribution in [0.3, 0.4) is 0 Å². The van der Waals surface area contributed by atoms with Gasteiger partial charge in [0.05, 0.1) is 11.7 Å². The van der Waals surface area contributed by atoms with Crippen molar-refractivity contribution in [2.24, 2.45) is 0 Å². The van der Waals surface area contributed by atoms with Gasteiger partial charge in [0, 0.05) is 17.8 Å². The fourth-order valence-corrected chi connectivity index (χ4v) is 3.04. The highest BCUT2D eigenvalue weighted by atomic mass is 16.4. The third kappa shape index (κ3) is 2.39. The highest BCUT2D eigenvalue weighted by molar-refractivity contribution is 5.91. The van der Waals surface area contributed by atoms with Crippen molar-refractivity contribution in [1.29, 1.82) is 0 Å². The Morgan fingerprint density at radius 2 is 1.84 bits per heavy atom. The molecule has 0 radical (unpaired) electrons. The second-order valence-corrected chi connectivity index (χ2v) is 5.96. The number of fused-ring (bicyclic) bond motifs is 1. The molecule has 0 aliphatic heterocycles. The molecular formula is C19H16N4O2. The minimum Gasteiger partial charge on any atom is -0.477 e. The molecule has 0 aliphatic rings. The first kappa shape index (κ1) is 15.1. The van der Waals surface area contributed by atoms with E-state index in [-0.39, 0.29) is 5.56 Å². The van der Waals surface area contributed by atoms with Crippen LogP contribution in [0.1, 0.15) is 21.5 Å². The van der Waals surface area contributed by atoms with E-state index in [1.54, 1.807) is 21.6 Å². The van der Waals surface area contributed by atoms with Crippen LogP contribution in [0.25, 0.3) is 22.5 Å². The van der Waals surface area contributed by atoms with Gasteiger partial charge in [0.15, 0.2) is 11.6 Å². The minimum absolute atomic E-state index is 0.125. The smallest absolute Gasteiger partial charge is 0.341 e. The monoisotopic (exact) mass is 332 g/mol. The van der Waals surface area contributed by atoms with Crippen LogP contribution in [0, 0.1) is 13.8 Å². The van der Waals surface area contributed by atoms with Crippen LogP contribution in [0.4, 0.5) is 0 Å². The Bertz CT molecular complexity index is 1090. The summed E-state index contributed by atoms with van der Waals surface area (Å²) in [5.41, 5.74) is 3.15. The van der Waals surface area contributed by atoms with Crippen molar-refractivity contribution in [3.8, 4) is 11.6 Å². The molecule has 0 bridgehead atoms. The van der Waals surface area contributed by atoms with Crippen molar-refractivity contribution in [2.75, 3.05) is 0 Å². The molecule has 0 unspecified atom stereocenters. The second kappa shape index (κ2) is 5.59. The first-order chi connectivity index (χ1) is 12.1. The first-order valence-corrected chi connectivity index (χ1v) is 7.88. The standard InChI is InChI=1S/C19H16N4O2/c1-12-6-5-7-14-13(2)10-16(21-17(12)14)23-18(22-8-3-4-9-22)15(11-20-23)19(24)25/h3-11H,1-2H3,(H,24,25). The van der Waals surface area contributed by atoms with Crippen molar-refractivity contribution in [3.63, 3.8) is 0 Å². The number of aromatic nitrogens is 4. The number of rotatable bonds is 3. The molecule has 25 heavy (non-hydrogen) atoms. The van der Waals surface area contributed by atoms with Crippen molar-refractivity contribution in [2.45, 2.75) is 13.8 Å². The van der Waals surface area contributed by atoms with E-state index in [0.29, 0.717) is 11.6 Å². The van der Waals surface area contributed by atoms with E-state index < -0.39 is 5.97 Å². The summed E-state index contributed by atoms with van der Waals surface area (Å²) in [5.74, 6) is 0.0245. The maximum absolute atomic E-state index is 11.6. The predicted octanol–water partition coefficient (Wildman–Crippen LogP) is 3.53. The van der Waals surface area contributed by atoms with Gasteiger partial charge in [0.1, 0.15) is 5.56 Å². The summed E-state index contributed by atoms with van der Waals surface area (Å²) in [4.78, 5) is 16.4. The Balaban J connectivity index is 2.02. The topological polar surface area (TPSA) is 72.9 Å².